The van der Waals surface area contributed by atoms with Crippen LogP contribution in [-0.4, -0.2) is 43.1 Å². The average molecular weight is 308 g/mol. The summed E-state index contributed by atoms with van der Waals surface area (Å²) in [5.74, 6) is 0. The van der Waals surface area contributed by atoms with Crippen molar-refractivity contribution in [2.24, 2.45) is 11.1 Å². The second-order valence-corrected chi connectivity index (χ2v) is 8.64. The van der Waals surface area contributed by atoms with Gasteiger partial charge in [-0.3, -0.25) is 0 Å². The predicted molar refractivity (Wildman–Crippen MR) is 90.1 cm³/mol. The van der Waals surface area contributed by atoms with Crippen LogP contribution < -0.4 is 10.6 Å². The smallest absolute Gasteiger partial charge is 0.185 e. The molecule has 1 fully saturated rings. The van der Waals surface area contributed by atoms with E-state index in [1.54, 1.807) is 0 Å². The van der Waals surface area contributed by atoms with Crippen molar-refractivity contribution in [3.63, 3.8) is 0 Å². The lowest BCUT2D eigenvalue weighted by Crippen LogP contribution is -2.45. The number of likely N-dealkylation sites (N-methyl/N-ethyl adjacent to an activating group) is 2. The van der Waals surface area contributed by atoms with Gasteiger partial charge in [-0.2, -0.15) is 0 Å². The summed E-state index contributed by atoms with van der Waals surface area (Å²) < 4.78 is 0. The third-order valence-electron chi connectivity index (χ3n) is 4.92. The van der Waals surface area contributed by atoms with Crippen LogP contribution in [0.2, 0.25) is 0 Å². The number of hydrogen-bond donors (Lipinski definition) is 1. The van der Waals surface area contributed by atoms with Crippen LogP contribution >= 0.6 is 11.3 Å². The molecule has 1 aliphatic carbocycles. The van der Waals surface area contributed by atoms with E-state index >= 15 is 0 Å². The minimum Gasteiger partial charge on any atom is -0.347 e. The molecule has 4 nitrogen and oxygen atoms in total. The Bertz CT molecular complexity index is 510. The summed E-state index contributed by atoms with van der Waals surface area (Å²) in [7, 11) is 4.41. The highest BCUT2D eigenvalue weighted by Gasteiger charge is 2.34. The van der Waals surface area contributed by atoms with E-state index < -0.39 is 0 Å². The van der Waals surface area contributed by atoms with Gasteiger partial charge in [0, 0.05) is 30.6 Å². The number of nitrogens with zero attached hydrogens (tertiary/aromatic N) is 3. The Balaban J connectivity index is 1.81. The summed E-state index contributed by atoms with van der Waals surface area (Å²) in [5.41, 5.74) is 7.90. The molecule has 0 amide bonds. The number of anilines is 1. The molecule has 0 bridgehead atoms. The first-order valence-corrected chi connectivity index (χ1v) is 8.84. The van der Waals surface area contributed by atoms with E-state index in [9.17, 15) is 0 Å². The second kappa shape index (κ2) is 5.52. The lowest BCUT2D eigenvalue weighted by Gasteiger charge is -2.35. The molecule has 1 aliphatic heterocycles. The fourth-order valence-corrected chi connectivity index (χ4v) is 4.86. The van der Waals surface area contributed by atoms with Gasteiger partial charge in [-0.15, -0.1) is 0 Å². The van der Waals surface area contributed by atoms with Gasteiger partial charge in [0.25, 0.3) is 0 Å². The molecule has 1 aromatic heterocycles. The van der Waals surface area contributed by atoms with Gasteiger partial charge in [-0.1, -0.05) is 25.2 Å². The first-order valence-electron chi connectivity index (χ1n) is 8.02. The van der Waals surface area contributed by atoms with Crippen LogP contribution in [0.1, 0.15) is 49.7 Å². The van der Waals surface area contributed by atoms with Crippen LogP contribution in [0.4, 0.5) is 5.13 Å². The van der Waals surface area contributed by atoms with Gasteiger partial charge in [0.1, 0.15) is 0 Å². The van der Waals surface area contributed by atoms with Crippen molar-refractivity contribution in [3.05, 3.63) is 10.6 Å². The summed E-state index contributed by atoms with van der Waals surface area (Å²) >= 11 is 1.82. The highest BCUT2D eigenvalue weighted by atomic mass is 32.1. The van der Waals surface area contributed by atoms with E-state index in [0.29, 0.717) is 6.04 Å². The zero-order chi connectivity index (χ0) is 15.2. The molecule has 2 unspecified atom stereocenters. The molecular formula is C16H28N4S. The molecule has 2 aliphatic rings. The molecule has 3 rings (SSSR count). The Morgan fingerprint density at radius 2 is 2.19 bits per heavy atom. The number of likely N-dealkylation sites (tertiary alicyclic amines) is 1. The number of piperidine rings is 1. The molecule has 118 valence electrons. The number of fused-ring (bicyclic) bond motifs is 1. The van der Waals surface area contributed by atoms with E-state index in [1.807, 2.05) is 11.3 Å². The van der Waals surface area contributed by atoms with Crippen molar-refractivity contribution >= 4 is 16.5 Å². The van der Waals surface area contributed by atoms with Crippen LogP contribution in [0.15, 0.2) is 0 Å². The van der Waals surface area contributed by atoms with Crippen LogP contribution in [0.3, 0.4) is 0 Å². The second-order valence-electron chi connectivity index (χ2n) is 7.63. The van der Waals surface area contributed by atoms with Gasteiger partial charge in [-0.05, 0) is 44.7 Å². The number of hydrogen-bond acceptors (Lipinski definition) is 5. The summed E-state index contributed by atoms with van der Waals surface area (Å²) in [5, 5.41) is 1.16. The molecule has 0 saturated carbocycles. The fourth-order valence-electron chi connectivity index (χ4n) is 3.74. The molecular weight excluding hydrogens is 280 g/mol. The first-order chi connectivity index (χ1) is 9.85. The van der Waals surface area contributed by atoms with E-state index in [1.165, 1.54) is 30.0 Å². The fraction of sp³-hybridized carbons (Fsp3) is 0.812. The maximum absolute atomic E-state index is 6.38. The molecule has 21 heavy (non-hydrogen) atoms. The minimum absolute atomic E-state index is 0.164. The monoisotopic (exact) mass is 308 g/mol. The molecule has 1 aromatic rings. The molecule has 0 radical (unpaired) electrons. The van der Waals surface area contributed by atoms with Crippen molar-refractivity contribution in [2.75, 3.05) is 32.1 Å². The van der Waals surface area contributed by atoms with Crippen LogP contribution in [0, 0.1) is 5.41 Å². The standard InChI is InChI=1S/C16H28N4S/c1-16(2)8-12(17)14-13(9-16)18-15(21-14)20(4)11-6-5-7-19(3)10-11/h11-12H,5-10,17H2,1-4H3. The van der Waals surface area contributed by atoms with Gasteiger partial charge < -0.3 is 15.5 Å². The normalized spacial score (nSPS) is 29.2. The van der Waals surface area contributed by atoms with Gasteiger partial charge in [0.15, 0.2) is 5.13 Å². The zero-order valence-electron chi connectivity index (χ0n) is 13.7. The number of rotatable bonds is 2. The molecule has 0 aromatic carbocycles. The van der Waals surface area contributed by atoms with Gasteiger partial charge >= 0.3 is 0 Å². The average Bonchev–Trinajstić information content (AvgIpc) is 2.80. The number of thiazole rings is 1. The van der Waals surface area contributed by atoms with Crippen LogP contribution in [-0.2, 0) is 6.42 Å². The van der Waals surface area contributed by atoms with Crippen molar-refractivity contribution in [1.82, 2.24) is 9.88 Å². The lowest BCUT2D eigenvalue weighted by molar-refractivity contribution is 0.248. The Hall–Kier alpha value is -0.650. The zero-order valence-corrected chi connectivity index (χ0v) is 14.5. The van der Waals surface area contributed by atoms with Gasteiger partial charge in [-0.25, -0.2) is 4.98 Å². The molecule has 0 spiro atoms. The Morgan fingerprint density at radius 1 is 1.43 bits per heavy atom. The van der Waals surface area contributed by atoms with E-state index in [2.05, 4.69) is 37.7 Å². The van der Waals surface area contributed by atoms with Crippen molar-refractivity contribution in [1.29, 1.82) is 0 Å². The Kier molecular flexibility index (Phi) is 4.01. The van der Waals surface area contributed by atoms with Crippen molar-refractivity contribution in [3.8, 4) is 0 Å². The molecule has 2 N–H and O–H groups in total. The maximum atomic E-state index is 6.38. The Labute approximate surface area is 132 Å². The third-order valence-corrected chi connectivity index (χ3v) is 6.24. The highest BCUT2D eigenvalue weighted by molar-refractivity contribution is 7.15. The lowest BCUT2D eigenvalue weighted by atomic mass is 9.77. The molecule has 2 atom stereocenters. The van der Waals surface area contributed by atoms with E-state index in [-0.39, 0.29) is 11.5 Å². The van der Waals surface area contributed by atoms with Crippen molar-refractivity contribution < 1.29 is 0 Å². The first kappa shape index (κ1) is 15.3. The number of aromatic nitrogens is 1. The van der Waals surface area contributed by atoms with Crippen LogP contribution in [0.5, 0.6) is 0 Å². The molecule has 1 saturated heterocycles. The highest BCUT2D eigenvalue weighted by Crippen LogP contribution is 2.43. The minimum atomic E-state index is 0.164. The summed E-state index contributed by atoms with van der Waals surface area (Å²) in [6.45, 7) is 6.96. The van der Waals surface area contributed by atoms with Crippen molar-refractivity contribution in [2.45, 2.75) is 51.6 Å². The summed E-state index contributed by atoms with van der Waals surface area (Å²) in [6.07, 6.45) is 4.67. The Morgan fingerprint density at radius 3 is 2.90 bits per heavy atom. The van der Waals surface area contributed by atoms with E-state index in [0.717, 1.165) is 24.5 Å². The van der Waals surface area contributed by atoms with E-state index in [4.69, 9.17) is 10.7 Å². The maximum Gasteiger partial charge on any atom is 0.185 e. The largest absolute Gasteiger partial charge is 0.347 e. The molecule has 2 heterocycles. The topological polar surface area (TPSA) is 45.4 Å². The molecule has 5 heteroatoms. The quantitative estimate of drug-likeness (QED) is 0.912. The van der Waals surface area contributed by atoms with Crippen LogP contribution in [0.25, 0.3) is 0 Å². The SMILES string of the molecule is CN1CCCC(N(C)c2nc3c(s2)C(N)CC(C)(C)C3)C1. The summed E-state index contributed by atoms with van der Waals surface area (Å²) in [6, 6.07) is 0.748. The third kappa shape index (κ3) is 3.10. The van der Waals surface area contributed by atoms with Gasteiger partial charge in [0.2, 0.25) is 0 Å². The van der Waals surface area contributed by atoms with Gasteiger partial charge in [0.05, 0.1) is 5.69 Å². The predicted octanol–water partition coefficient (Wildman–Crippen LogP) is 2.65. The number of nitrogens with two attached hydrogens (primary N) is 1. The summed E-state index contributed by atoms with van der Waals surface area (Å²) in [4.78, 5) is 11.1.